The van der Waals surface area contributed by atoms with Crippen LogP contribution >= 0.6 is 11.3 Å². The number of aromatic carboxylic acids is 1. The van der Waals surface area contributed by atoms with Crippen LogP contribution in [-0.2, 0) is 0 Å². The monoisotopic (exact) mass is 389 g/mol. The van der Waals surface area contributed by atoms with E-state index in [0.29, 0.717) is 0 Å². The number of nitrogens with zero attached hydrogens (tertiary/aromatic N) is 2. The minimum Gasteiger partial charge on any atom is -0.478 e. The van der Waals surface area contributed by atoms with Crippen molar-refractivity contribution in [3.05, 3.63) is 64.8 Å². The number of rotatable bonds is 5. The Kier molecular flexibility index (Phi) is 4.87. The molecule has 2 heterocycles. The highest BCUT2D eigenvalue weighted by atomic mass is 32.1. The summed E-state index contributed by atoms with van der Waals surface area (Å²) >= 11 is 0.897. The van der Waals surface area contributed by atoms with Crippen LogP contribution in [0.15, 0.2) is 36.4 Å². The van der Waals surface area contributed by atoms with Crippen LogP contribution in [0.1, 0.15) is 26.4 Å². The molecule has 0 fully saturated rings. The first-order valence-corrected chi connectivity index (χ1v) is 8.50. The molecule has 0 bridgehead atoms. The van der Waals surface area contributed by atoms with Crippen LogP contribution in [0.2, 0.25) is 0 Å². The molecule has 0 saturated carbocycles. The van der Waals surface area contributed by atoms with Gasteiger partial charge >= 0.3 is 5.97 Å². The number of aryl methyl sites for hydroxylation is 1. The fourth-order valence-electron chi connectivity index (χ4n) is 2.44. The molecular formula is C18H13F2N3O3S. The van der Waals surface area contributed by atoms with Crippen LogP contribution in [0.4, 0.5) is 13.8 Å². The Morgan fingerprint density at radius 3 is 2.63 bits per heavy atom. The topological polar surface area (TPSA) is 84.2 Å². The summed E-state index contributed by atoms with van der Waals surface area (Å²) in [5.74, 6) is -4.20. The van der Waals surface area contributed by atoms with E-state index in [-0.39, 0.29) is 32.9 Å². The summed E-state index contributed by atoms with van der Waals surface area (Å²) in [6, 6.07) is 4.10. The van der Waals surface area contributed by atoms with Crippen molar-refractivity contribution in [2.75, 3.05) is 5.32 Å². The predicted octanol–water partition coefficient (Wildman–Crippen LogP) is 4.25. The number of hydrogen-bond donors (Lipinski definition) is 2. The number of nitrogens with one attached hydrogen (secondary N) is 1. The maximum Gasteiger partial charge on any atom is 0.339 e. The van der Waals surface area contributed by atoms with Crippen molar-refractivity contribution >= 4 is 34.4 Å². The second-order valence-electron chi connectivity index (χ2n) is 5.53. The third kappa shape index (κ3) is 3.36. The molecule has 2 aromatic heterocycles. The predicted molar refractivity (Wildman–Crippen MR) is 97.9 cm³/mol. The lowest BCUT2D eigenvalue weighted by Gasteiger charge is -2.07. The van der Waals surface area contributed by atoms with E-state index >= 15 is 0 Å². The molecule has 6 nitrogen and oxygen atoms in total. The molecule has 0 atom stereocenters. The van der Waals surface area contributed by atoms with Gasteiger partial charge in [0.2, 0.25) is 0 Å². The molecule has 1 aromatic carbocycles. The van der Waals surface area contributed by atoms with E-state index in [9.17, 15) is 23.5 Å². The number of carboxylic acids is 1. The third-order valence-electron chi connectivity index (χ3n) is 3.83. The van der Waals surface area contributed by atoms with Gasteiger partial charge in [0.15, 0.2) is 17.3 Å². The summed E-state index contributed by atoms with van der Waals surface area (Å²) < 4.78 is 29.5. The molecule has 0 spiro atoms. The van der Waals surface area contributed by atoms with Crippen molar-refractivity contribution in [1.29, 1.82) is 0 Å². The van der Waals surface area contributed by atoms with E-state index in [1.807, 2.05) is 0 Å². The minimum absolute atomic E-state index is 0.00367. The summed E-state index contributed by atoms with van der Waals surface area (Å²) in [5.41, 5.74) is -0.374. The largest absolute Gasteiger partial charge is 0.478 e. The van der Waals surface area contributed by atoms with Gasteiger partial charge in [0.05, 0.1) is 0 Å². The first kappa shape index (κ1) is 18.5. The van der Waals surface area contributed by atoms with E-state index < -0.39 is 23.5 Å². The SMILES string of the molecule is C=Cn1ccc(C(=O)Nc2scc(-c3ccc(C)c(F)c3F)c2C(=O)O)n1. The van der Waals surface area contributed by atoms with Gasteiger partial charge in [-0.05, 0) is 18.6 Å². The molecule has 0 unspecified atom stereocenters. The Labute approximate surface area is 156 Å². The molecule has 138 valence electrons. The number of aromatic nitrogens is 2. The van der Waals surface area contributed by atoms with Crippen LogP contribution < -0.4 is 5.32 Å². The number of hydrogen-bond acceptors (Lipinski definition) is 4. The molecule has 0 aliphatic rings. The van der Waals surface area contributed by atoms with Crippen molar-refractivity contribution in [2.45, 2.75) is 6.92 Å². The van der Waals surface area contributed by atoms with Gasteiger partial charge in [-0.2, -0.15) is 5.10 Å². The Bertz CT molecular complexity index is 1070. The van der Waals surface area contributed by atoms with Gasteiger partial charge in [0.25, 0.3) is 5.91 Å². The van der Waals surface area contributed by atoms with Crippen LogP contribution in [0, 0.1) is 18.6 Å². The Morgan fingerprint density at radius 2 is 2.00 bits per heavy atom. The molecule has 9 heteroatoms. The summed E-state index contributed by atoms with van der Waals surface area (Å²) in [7, 11) is 0. The summed E-state index contributed by atoms with van der Waals surface area (Å²) in [6.07, 6.45) is 2.89. The van der Waals surface area contributed by atoms with Gasteiger partial charge in [-0.3, -0.25) is 4.79 Å². The van der Waals surface area contributed by atoms with E-state index in [1.54, 1.807) is 0 Å². The second-order valence-corrected chi connectivity index (χ2v) is 6.41. The Balaban J connectivity index is 2.01. The Hall–Kier alpha value is -3.33. The average molecular weight is 389 g/mol. The summed E-state index contributed by atoms with van der Waals surface area (Å²) in [5, 5.41) is 17.3. The number of carboxylic acid groups (broad SMARTS) is 1. The van der Waals surface area contributed by atoms with Gasteiger partial charge in [0.1, 0.15) is 10.6 Å². The van der Waals surface area contributed by atoms with Crippen LogP contribution in [0.5, 0.6) is 0 Å². The lowest BCUT2D eigenvalue weighted by molar-refractivity contribution is 0.0699. The van der Waals surface area contributed by atoms with E-state index in [1.165, 1.54) is 47.6 Å². The highest BCUT2D eigenvalue weighted by Gasteiger charge is 2.25. The molecule has 0 radical (unpaired) electrons. The molecule has 0 aliphatic carbocycles. The number of thiophene rings is 1. The minimum atomic E-state index is -1.38. The molecule has 0 saturated heterocycles. The van der Waals surface area contributed by atoms with Crippen LogP contribution in [0.3, 0.4) is 0 Å². The molecule has 0 aliphatic heterocycles. The van der Waals surface area contributed by atoms with Gasteiger partial charge in [-0.1, -0.05) is 18.7 Å². The molecular weight excluding hydrogens is 376 g/mol. The zero-order valence-electron chi connectivity index (χ0n) is 14.0. The number of amides is 1. The van der Waals surface area contributed by atoms with E-state index in [4.69, 9.17) is 0 Å². The maximum absolute atomic E-state index is 14.3. The third-order valence-corrected chi connectivity index (χ3v) is 4.72. The second kappa shape index (κ2) is 7.12. The fourth-order valence-corrected chi connectivity index (χ4v) is 3.39. The van der Waals surface area contributed by atoms with E-state index in [0.717, 1.165) is 11.3 Å². The summed E-state index contributed by atoms with van der Waals surface area (Å²) in [6.45, 7) is 4.91. The van der Waals surface area contributed by atoms with Crippen molar-refractivity contribution in [3.63, 3.8) is 0 Å². The van der Waals surface area contributed by atoms with Gasteiger partial charge in [0, 0.05) is 28.9 Å². The Morgan fingerprint density at radius 1 is 1.26 bits per heavy atom. The fraction of sp³-hybridized carbons (Fsp3) is 0.0556. The zero-order chi connectivity index (χ0) is 19.7. The van der Waals surface area contributed by atoms with Gasteiger partial charge in [-0.15, -0.1) is 11.3 Å². The number of benzene rings is 1. The zero-order valence-corrected chi connectivity index (χ0v) is 14.8. The first-order valence-electron chi connectivity index (χ1n) is 7.62. The molecule has 27 heavy (non-hydrogen) atoms. The lowest BCUT2D eigenvalue weighted by atomic mass is 10.0. The maximum atomic E-state index is 14.3. The van der Waals surface area contributed by atoms with E-state index in [2.05, 4.69) is 17.0 Å². The first-order chi connectivity index (χ1) is 12.8. The molecule has 3 rings (SSSR count). The highest BCUT2D eigenvalue weighted by molar-refractivity contribution is 7.15. The van der Waals surface area contributed by atoms with Crippen molar-refractivity contribution < 1.29 is 23.5 Å². The van der Waals surface area contributed by atoms with Gasteiger partial charge in [-0.25, -0.2) is 18.3 Å². The lowest BCUT2D eigenvalue weighted by Crippen LogP contribution is -2.14. The number of anilines is 1. The smallest absolute Gasteiger partial charge is 0.339 e. The molecule has 3 aromatic rings. The normalized spacial score (nSPS) is 10.6. The summed E-state index contributed by atoms with van der Waals surface area (Å²) in [4.78, 5) is 24.0. The van der Waals surface area contributed by atoms with Crippen LogP contribution in [0.25, 0.3) is 17.3 Å². The van der Waals surface area contributed by atoms with Crippen molar-refractivity contribution in [1.82, 2.24) is 9.78 Å². The van der Waals surface area contributed by atoms with Crippen molar-refractivity contribution in [3.8, 4) is 11.1 Å². The number of halogens is 2. The highest BCUT2D eigenvalue weighted by Crippen LogP contribution is 2.37. The standard InChI is InChI=1S/C18H13F2N3O3S/c1-3-23-7-6-12(22-23)16(24)21-17-13(18(25)26)11(8-27-17)10-5-4-9(2)14(19)15(10)20/h3-8H,1H2,2H3,(H,21,24)(H,25,26). The molecule has 1 amide bonds. The van der Waals surface area contributed by atoms with Crippen LogP contribution in [-0.4, -0.2) is 26.8 Å². The number of carbonyl (C=O) groups excluding carboxylic acids is 1. The average Bonchev–Trinajstić information content (AvgIpc) is 3.27. The van der Waals surface area contributed by atoms with Gasteiger partial charge < -0.3 is 10.4 Å². The molecule has 2 N–H and O–H groups in total. The number of carbonyl (C=O) groups is 2. The quantitative estimate of drug-likeness (QED) is 0.683. The van der Waals surface area contributed by atoms with Crippen molar-refractivity contribution in [2.24, 2.45) is 0 Å².